The predicted molar refractivity (Wildman–Crippen MR) is 51.1 cm³/mol. The first-order chi connectivity index (χ1) is 5.70. The van der Waals surface area contributed by atoms with Gasteiger partial charge < -0.3 is 0 Å². The average Bonchev–Trinajstić information content (AvgIpc) is 2.48. The van der Waals surface area contributed by atoms with E-state index in [0.29, 0.717) is 20.6 Å². The lowest BCUT2D eigenvalue weighted by Crippen LogP contribution is -1.74. The van der Waals surface area contributed by atoms with Gasteiger partial charge in [0.25, 0.3) is 0 Å². The molecule has 1 aromatic carbocycles. The molecule has 62 valence electrons. The number of benzene rings is 1. The van der Waals surface area contributed by atoms with E-state index in [2.05, 4.69) is 10.2 Å². The maximum Gasteiger partial charge on any atom is 0.0852 e. The minimum atomic E-state index is 0.440. The number of halogens is 3. The average molecular weight is 221 g/mol. The normalized spacial score (nSPS) is 10.9. The van der Waals surface area contributed by atoms with E-state index < -0.39 is 0 Å². The summed E-state index contributed by atoms with van der Waals surface area (Å²) in [5.74, 6) is 0. The van der Waals surface area contributed by atoms with E-state index in [1.165, 1.54) is 0 Å². The number of aromatic amines is 1. The van der Waals surface area contributed by atoms with Crippen LogP contribution in [0.1, 0.15) is 0 Å². The molecule has 0 amide bonds. The molecule has 0 aliphatic rings. The zero-order valence-electron chi connectivity index (χ0n) is 5.74. The molecule has 1 aromatic heterocycles. The molecule has 0 fully saturated rings. The monoisotopic (exact) mass is 220 g/mol. The maximum atomic E-state index is 5.89. The quantitative estimate of drug-likeness (QED) is 0.678. The summed E-state index contributed by atoms with van der Waals surface area (Å²) in [5, 5.41) is 8.73. The fourth-order valence-electron chi connectivity index (χ4n) is 1.01. The van der Waals surface area contributed by atoms with E-state index in [9.17, 15) is 0 Å². The van der Waals surface area contributed by atoms with Gasteiger partial charge in [0, 0.05) is 5.39 Å². The highest BCUT2D eigenvalue weighted by atomic mass is 35.5. The van der Waals surface area contributed by atoms with Crippen molar-refractivity contribution in [2.24, 2.45) is 0 Å². The Morgan fingerprint density at radius 2 is 1.92 bits per heavy atom. The lowest BCUT2D eigenvalue weighted by Gasteiger charge is -1.98. The molecule has 0 spiro atoms. The van der Waals surface area contributed by atoms with Crippen LogP contribution in [0.5, 0.6) is 0 Å². The van der Waals surface area contributed by atoms with Crippen LogP contribution in [0.2, 0.25) is 15.1 Å². The maximum absolute atomic E-state index is 5.89. The van der Waals surface area contributed by atoms with Crippen molar-refractivity contribution < 1.29 is 0 Å². The topological polar surface area (TPSA) is 28.7 Å². The Morgan fingerprint density at radius 1 is 1.17 bits per heavy atom. The molecule has 0 atom stereocenters. The van der Waals surface area contributed by atoms with E-state index in [1.54, 1.807) is 12.3 Å². The molecule has 0 unspecified atom stereocenters. The SMILES string of the molecule is Clc1cc(Cl)c2[nH]ncc2c1Cl. The Kier molecular flexibility index (Phi) is 1.91. The highest BCUT2D eigenvalue weighted by molar-refractivity contribution is 6.47. The van der Waals surface area contributed by atoms with Crippen LogP contribution in [0, 0.1) is 0 Å². The number of H-pyrrole nitrogens is 1. The van der Waals surface area contributed by atoms with Gasteiger partial charge in [0.1, 0.15) is 0 Å². The second-order valence-electron chi connectivity index (χ2n) is 2.31. The fourth-order valence-corrected chi connectivity index (χ4v) is 1.73. The lowest BCUT2D eigenvalue weighted by atomic mass is 10.2. The Hall–Kier alpha value is -0.440. The zero-order valence-corrected chi connectivity index (χ0v) is 8.00. The molecule has 1 heterocycles. The predicted octanol–water partition coefficient (Wildman–Crippen LogP) is 3.52. The molecule has 0 saturated carbocycles. The van der Waals surface area contributed by atoms with Crippen molar-refractivity contribution >= 4 is 45.7 Å². The molecular formula is C7H3Cl3N2. The Balaban J connectivity index is 2.97. The van der Waals surface area contributed by atoms with Gasteiger partial charge in [-0.1, -0.05) is 34.8 Å². The van der Waals surface area contributed by atoms with Crippen LogP contribution in [-0.4, -0.2) is 10.2 Å². The molecule has 0 aliphatic heterocycles. The van der Waals surface area contributed by atoms with Crippen LogP contribution in [0.3, 0.4) is 0 Å². The summed E-state index contributed by atoms with van der Waals surface area (Å²) in [7, 11) is 0. The number of aromatic nitrogens is 2. The van der Waals surface area contributed by atoms with Crippen LogP contribution in [0.4, 0.5) is 0 Å². The van der Waals surface area contributed by atoms with Gasteiger partial charge in [-0.25, -0.2) is 0 Å². The molecule has 0 radical (unpaired) electrons. The smallest absolute Gasteiger partial charge is 0.0852 e. The first-order valence-electron chi connectivity index (χ1n) is 3.16. The highest BCUT2D eigenvalue weighted by Gasteiger charge is 2.08. The van der Waals surface area contributed by atoms with Crippen molar-refractivity contribution in [2.75, 3.05) is 0 Å². The van der Waals surface area contributed by atoms with Crippen LogP contribution in [-0.2, 0) is 0 Å². The molecular weight excluding hydrogens is 218 g/mol. The lowest BCUT2D eigenvalue weighted by molar-refractivity contribution is 1.12. The van der Waals surface area contributed by atoms with Crippen LogP contribution in [0.25, 0.3) is 10.9 Å². The van der Waals surface area contributed by atoms with Gasteiger partial charge >= 0.3 is 0 Å². The summed E-state index contributed by atoms with van der Waals surface area (Å²) in [4.78, 5) is 0. The number of nitrogens with zero attached hydrogens (tertiary/aromatic N) is 1. The van der Waals surface area contributed by atoms with E-state index in [1.807, 2.05) is 0 Å². The van der Waals surface area contributed by atoms with Gasteiger partial charge in [-0.15, -0.1) is 0 Å². The molecule has 0 aliphatic carbocycles. The second kappa shape index (κ2) is 2.80. The number of nitrogens with one attached hydrogen (secondary N) is 1. The highest BCUT2D eigenvalue weighted by Crippen LogP contribution is 2.34. The standard InChI is InChI=1S/C7H3Cl3N2/c8-4-1-5(9)7-3(6(4)10)2-11-12-7/h1-2H,(H,11,12). The van der Waals surface area contributed by atoms with Crippen molar-refractivity contribution in [2.45, 2.75) is 0 Å². The number of hydrogen-bond acceptors (Lipinski definition) is 1. The second-order valence-corrected chi connectivity index (χ2v) is 3.51. The van der Waals surface area contributed by atoms with Crippen LogP contribution in [0.15, 0.2) is 12.3 Å². The summed E-state index contributed by atoms with van der Waals surface area (Å²) in [6.45, 7) is 0. The van der Waals surface area contributed by atoms with E-state index in [4.69, 9.17) is 34.8 Å². The van der Waals surface area contributed by atoms with Gasteiger partial charge in [-0.05, 0) is 6.07 Å². The molecule has 1 N–H and O–H groups in total. The summed E-state index contributed by atoms with van der Waals surface area (Å²) >= 11 is 17.5. The molecule has 2 aromatic rings. The van der Waals surface area contributed by atoms with Gasteiger partial charge in [0.15, 0.2) is 0 Å². The summed E-state index contributed by atoms with van der Waals surface area (Å²) in [5.41, 5.74) is 0.714. The van der Waals surface area contributed by atoms with Crippen LogP contribution < -0.4 is 0 Å². The molecule has 2 nitrogen and oxygen atoms in total. The first-order valence-corrected chi connectivity index (χ1v) is 4.30. The number of fused-ring (bicyclic) bond motifs is 1. The Morgan fingerprint density at radius 3 is 2.67 bits per heavy atom. The largest absolute Gasteiger partial charge is 0.276 e. The zero-order chi connectivity index (χ0) is 8.72. The Labute approximate surface area is 83.4 Å². The third-order valence-electron chi connectivity index (χ3n) is 1.58. The van der Waals surface area contributed by atoms with Crippen LogP contribution >= 0.6 is 34.8 Å². The van der Waals surface area contributed by atoms with Crippen molar-refractivity contribution in [3.05, 3.63) is 27.3 Å². The van der Waals surface area contributed by atoms with Crippen molar-refractivity contribution in [1.29, 1.82) is 0 Å². The molecule has 5 heteroatoms. The van der Waals surface area contributed by atoms with E-state index >= 15 is 0 Å². The Bertz CT molecular complexity index is 435. The van der Waals surface area contributed by atoms with Gasteiger partial charge in [-0.2, -0.15) is 5.10 Å². The number of rotatable bonds is 0. The van der Waals surface area contributed by atoms with Gasteiger partial charge in [0.2, 0.25) is 0 Å². The minimum Gasteiger partial charge on any atom is -0.276 e. The molecule has 12 heavy (non-hydrogen) atoms. The fraction of sp³-hybridized carbons (Fsp3) is 0. The third-order valence-corrected chi connectivity index (χ3v) is 2.68. The molecule has 2 rings (SSSR count). The van der Waals surface area contributed by atoms with E-state index in [0.717, 1.165) is 5.39 Å². The van der Waals surface area contributed by atoms with E-state index in [-0.39, 0.29) is 0 Å². The minimum absolute atomic E-state index is 0.440. The van der Waals surface area contributed by atoms with Crippen molar-refractivity contribution in [1.82, 2.24) is 10.2 Å². The summed E-state index contributed by atoms with van der Waals surface area (Å²) in [6.07, 6.45) is 1.59. The first kappa shape index (κ1) is 8.17. The number of hydrogen-bond donors (Lipinski definition) is 1. The summed E-state index contributed by atoms with van der Waals surface area (Å²) in [6, 6.07) is 1.59. The van der Waals surface area contributed by atoms with Gasteiger partial charge in [0.05, 0.1) is 26.8 Å². The summed E-state index contributed by atoms with van der Waals surface area (Å²) < 4.78 is 0. The van der Waals surface area contributed by atoms with Crippen molar-refractivity contribution in [3.8, 4) is 0 Å². The third kappa shape index (κ3) is 1.07. The van der Waals surface area contributed by atoms with Crippen molar-refractivity contribution in [3.63, 3.8) is 0 Å². The molecule has 0 bridgehead atoms. The van der Waals surface area contributed by atoms with Gasteiger partial charge in [-0.3, -0.25) is 5.10 Å². The molecule has 0 saturated heterocycles.